The fourth-order valence-corrected chi connectivity index (χ4v) is 3.08. The number of rotatable bonds is 4. The molecule has 1 aliphatic rings. The number of aliphatic hydroxyl groups excluding tert-OH is 1. The molecule has 0 spiro atoms. The van der Waals surface area contributed by atoms with Gasteiger partial charge in [0.2, 0.25) is 0 Å². The van der Waals surface area contributed by atoms with E-state index in [1.807, 2.05) is 0 Å². The van der Waals surface area contributed by atoms with Crippen LogP contribution in [0.1, 0.15) is 13.3 Å². The van der Waals surface area contributed by atoms with Crippen molar-refractivity contribution in [3.63, 3.8) is 0 Å². The first-order valence-electron chi connectivity index (χ1n) is 4.62. The van der Waals surface area contributed by atoms with E-state index in [2.05, 4.69) is 5.32 Å². The van der Waals surface area contributed by atoms with Crippen LogP contribution in [-0.2, 0) is 9.84 Å². The molecule has 2 unspecified atom stereocenters. The minimum absolute atomic E-state index is 0.0852. The molecule has 1 fully saturated rings. The largest absolute Gasteiger partial charge is 0.393 e. The van der Waals surface area contributed by atoms with Gasteiger partial charge in [-0.3, -0.25) is 0 Å². The molecule has 0 aliphatic carbocycles. The Labute approximate surface area is 84.1 Å². The van der Waals surface area contributed by atoms with Crippen LogP contribution in [0, 0.1) is 0 Å². The van der Waals surface area contributed by atoms with Crippen LogP contribution in [0.2, 0.25) is 0 Å². The van der Waals surface area contributed by atoms with Crippen LogP contribution in [0.3, 0.4) is 0 Å². The molecule has 1 saturated heterocycles. The van der Waals surface area contributed by atoms with E-state index in [9.17, 15) is 13.5 Å². The van der Waals surface area contributed by atoms with Crippen LogP contribution in [0.5, 0.6) is 0 Å². The van der Waals surface area contributed by atoms with Gasteiger partial charge in [0.1, 0.15) is 0 Å². The van der Waals surface area contributed by atoms with Crippen molar-refractivity contribution in [1.82, 2.24) is 5.32 Å². The summed E-state index contributed by atoms with van der Waals surface area (Å²) >= 11 is 0. The number of hydrogen-bond donors (Lipinski definition) is 3. The molecule has 0 bridgehead atoms. The Kier molecular flexibility index (Phi) is 3.52. The van der Waals surface area contributed by atoms with Gasteiger partial charge in [0.05, 0.1) is 23.7 Å². The summed E-state index contributed by atoms with van der Waals surface area (Å²) in [7, 11) is -2.88. The Morgan fingerprint density at radius 3 is 2.64 bits per heavy atom. The van der Waals surface area contributed by atoms with Crippen molar-refractivity contribution in [3.8, 4) is 0 Å². The van der Waals surface area contributed by atoms with Gasteiger partial charge in [0.25, 0.3) is 0 Å². The lowest BCUT2D eigenvalue weighted by Gasteiger charge is -2.22. The molecular weight excluding hydrogens is 206 g/mol. The summed E-state index contributed by atoms with van der Waals surface area (Å²) in [5, 5.41) is 21.2. The van der Waals surface area contributed by atoms with Crippen LogP contribution in [0.4, 0.5) is 0 Å². The first kappa shape index (κ1) is 11.9. The molecule has 1 aliphatic heterocycles. The molecule has 0 aromatic rings. The Morgan fingerprint density at radius 1 is 1.57 bits per heavy atom. The molecule has 5 nitrogen and oxygen atoms in total. The lowest BCUT2D eigenvalue weighted by atomic mass is 10.1. The van der Waals surface area contributed by atoms with E-state index in [-0.39, 0.29) is 30.7 Å². The molecule has 84 valence electrons. The molecule has 2 atom stereocenters. The first-order chi connectivity index (χ1) is 6.35. The van der Waals surface area contributed by atoms with Crippen LogP contribution >= 0.6 is 0 Å². The van der Waals surface area contributed by atoms with Gasteiger partial charge in [-0.2, -0.15) is 0 Å². The molecule has 6 heteroatoms. The number of sulfone groups is 1. The molecule has 3 N–H and O–H groups in total. The highest BCUT2D eigenvalue weighted by molar-refractivity contribution is 7.91. The van der Waals surface area contributed by atoms with Crippen LogP contribution in [0.25, 0.3) is 0 Å². The van der Waals surface area contributed by atoms with Gasteiger partial charge in [0, 0.05) is 12.6 Å². The second-order valence-corrected chi connectivity index (χ2v) is 6.36. The highest BCUT2D eigenvalue weighted by Gasteiger charge is 2.29. The topological polar surface area (TPSA) is 86.6 Å². The lowest BCUT2D eigenvalue weighted by molar-refractivity contribution is 0.00125. The molecule has 0 saturated carbocycles. The summed E-state index contributed by atoms with van der Waals surface area (Å²) in [6, 6.07) is -0.0852. The molecule has 14 heavy (non-hydrogen) atoms. The fraction of sp³-hybridized carbons (Fsp3) is 1.00. The minimum Gasteiger partial charge on any atom is -0.393 e. The molecular formula is C8H17NO4S. The van der Waals surface area contributed by atoms with E-state index in [1.54, 1.807) is 0 Å². The van der Waals surface area contributed by atoms with Crippen molar-refractivity contribution < 1.29 is 18.6 Å². The summed E-state index contributed by atoms with van der Waals surface area (Å²) in [6.07, 6.45) is 0.587. The van der Waals surface area contributed by atoms with E-state index >= 15 is 0 Å². The maximum Gasteiger partial charge on any atom is 0.151 e. The third kappa shape index (κ3) is 3.53. The summed E-state index contributed by atoms with van der Waals surface area (Å²) in [5.74, 6) is 0.348. The van der Waals surface area contributed by atoms with Crippen molar-refractivity contribution >= 4 is 9.84 Å². The van der Waals surface area contributed by atoms with Gasteiger partial charge in [-0.05, 0) is 13.3 Å². The van der Waals surface area contributed by atoms with E-state index < -0.39 is 15.4 Å². The lowest BCUT2D eigenvalue weighted by Crippen LogP contribution is -2.45. The van der Waals surface area contributed by atoms with Crippen LogP contribution < -0.4 is 5.32 Å². The zero-order valence-electron chi connectivity index (χ0n) is 8.23. The summed E-state index contributed by atoms with van der Waals surface area (Å²) in [4.78, 5) is 0. The standard InChI is InChI=1S/C8H17NO4S/c1-8(11,6-10)5-9-7-2-3-14(12,13)4-7/h7,9-11H,2-6H2,1H3. The second-order valence-electron chi connectivity index (χ2n) is 4.14. The number of hydrogen-bond acceptors (Lipinski definition) is 5. The molecule has 1 heterocycles. The Morgan fingerprint density at radius 2 is 2.21 bits per heavy atom. The van der Waals surface area contributed by atoms with Crippen molar-refractivity contribution in [2.75, 3.05) is 24.7 Å². The first-order valence-corrected chi connectivity index (χ1v) is 6.44. The van der Waals surface area contributed by atoms with Gasteiger partial charge in [0.15, 0.2) is 9.84 Å². The number of aliphatic hydroxyl groups is 2. The van der Waals surface area contributed by atoms with Crippen molar-refractivity contribution in [3.05, 3.63) is 0 Å². The predicted octanol–water partition coefficient (Wildman–Crippen LogP) is -1.49. The highest BCUT2D eigenvalue weighted by Crippen LogP contribution is 2.12. The molecule has 0 aromatic heterocycles. The quantitative estimate of drug-likeness (QED) is 0.540. The zero-order chi connectivity index (χ0) is 10.8. The molecule has 0 amide bonds. The zero-order valence-corrected chi connectivity index (χ0v) is 9.05. The van der Waals surface area contributed by atoms with E-state index in [1.165, 1.54) is 6.92 Å². The van der Waals surface area contributed by atoms with Crippen molar-refractivity contribution in [1.29, 1.82) is 0 Å². The van der Waals surface area contributed by atoms with Crippen LogP contribution in [-0.4, -0.2) is 54.9 Å². The summed E-state index contributed by atoms with van der Waals surface area (Å²) in [6.45, 7) is 1.38. The van der Waals surface area contributed by atoms with Gasteiger partial charge in [-0.15, -0.1) is 0 Å². The van der Waals surface area contributed by atoms with Gasteiger partial charge in [-0.1, -0.05) is 0 Å². The SMILES string of the molecule is CC(O)(CO)CNC1CCS(=O)(=O)C1. The number of nitrogens with one attached hydrogen (secondary N) is 1. The minimum atomic E-state index is -2.88. The van der Waals surface area contributed by atoms with E-state index in [4.69, 9.17) is 5.11 Å². The van der Waals surface area contributed by atoms with Crippen LogP contribution in [0.15, 0.2) is 0 Å². The van der Waals surface area contributed by atoms with Crippen molar-refractivity contribution in [2.24, 2.45) is 0 Å². The molecule has 1 rings (SSSR count). The van der Waals surface area contributed by atoms with Gasteiger partial charge >= 0.3 is 0 Å². The summed E-state index contributed by atoms with van der Waals surface area (Å²) in [5.41, 5.74) is -1.17. The fourth-order valence-electron chi connectivity index (χ4n) is 1.38. The normalized spacial score (nSPS) is 30.1. The maximum absolute atomic E-state index is 11.1. The monoisotopic (exact) mass is 223 g/mol. The van der Waals surface area contributed by atoms with E-state index in [0.29, 0.717) is 6.42 Å². The van der Waals surface area contributed by atoms with Crippen molar-refractivity contribution in [2.45, 2.75) is 25.0 Å². The highest BCUT2D eigenvalue weighted by atomic mass is 32.2. The molecule has 0 aromatic carbocycles. The summed E-state index contributed by atoms with van der Waals surface area (Å²) < 4.78 is 22.2. The third-order valence-electron chi connectivity index (χ3n) is 2.34. The Hall–Kier alpha value is -0.170. The Bertz CT molecular complexity index is 286. The average molecular weight is 223 g/mol. The average Bonchev–Trinajstić information content (AvgIpc) is 2.43. The van der Waals surface area contributed by atoms with E-state index in [0.717, 1.165) is 0 Å². The van der Waals surface area contributed by atoms with Gasteiger partial charge < -0.3 is 15.5 Å². The third-order valence-corrected chi connectivity index (χ3v) is 4.11. The molecule has 0 radical (unpaired) electrons. The smallest absolute Gasteiger partial charge is 0.151 e. The Balaban J connectivity index is 2.34. The van der Waals surface area contributed by atoms with Gasteiger partial charge in [-0.25, -0.2) is 8.42 Å². The predicted molar refractivity (Wildman–Crippen MR) is 52.8 cm³/mol. The maximum atomic E-state index is 11.1. The second kappa shape index (κ2) is 4.14.